The molecule has 1 rings (SSSR count). The van der Waals surface area contributed by atoms with Gasteiger partial charge in [0.1, 0.15) is 0 Å². The van der Waals surface area contributed by atoms with Gasteiger partial charge in [-0.25, -0.2) is 0 Å². The van der Waals surface area contributed by atoms with Crippen LogP contribution in [-0.2, 0) is 4.79 Å². The third-order valence-corrected chi connectivity index (χ3v) is 5.89. The van der Waals surface area contributed by atoms with Gasteiger partial charge < -0.3 is 0 Å². The molecule has 1 saturated carbocycles. The van der Waals surface area contributed by atoms with Crippen LogP contribution in [0.3, 0.4) is 0 Å². The van der Waals surface area contributed by atoms with Crippen molar-refractivity contribution < 1.29 is 4.79 Å². The predicted molar refractivity (Wildman–Crippen MR) is 59.5 cm³/mol. The minimum absolute atomic E-state index is 0.196. The second kappa shape index (κ2) is 3.76. The number of Topliss-reactive ketones (excluding diaryl/α,β-unsaturated/α-hetero) is 1. The van der Waals surface area contributed by atoms with Crippen molar-refractivity contribution in [3.05, 3.63) is 10.2 Å². The molecule has 0 amide bonds. The van der Waals surface area contributed by atoms with Gasteiger partial charge in [0.05, 0.1) is 0 Å². The first-order valence-corrected chi connectivity index (χ1v) is 15.2. The van der Waals surface area contributed by atoms with Gasteiger partial charge in [0, 0.05) is 0 Å². The molecule has 74 valence electrons. The van der Waals surface area contributed by atoms with Crippen LogP contribution in [0.25, 0.3) is 0 Å². The molecule has 13 heavy (non-hydrogen) atoms. The van der Waals surface area contributed by atoms with E-state index in [1.165, 1.54) is 0 Å². The van der Waals surface area contributed by atoms with Crippen LogP contribution in [0.4, 0.5) is 0 Å². The van der Waals surface area contributed by atoms with Gasteiger partial charge in [-0.3, -0.25) is 0 Å². The molecule has 0 radical (unpaired) electrons. The second-order valence-electron chi connectivity index (χ2n) is 5.57. The minimum atomic E-state index is -1.76. The summed E-state index contributed by atoms with van der Waals surface area (Å²) in [5.74, 6) is 0.441. The molecule has 1 nitrogen and oxygen atoms in total. The summed E-state index contributed by atoms with van der Waals surface area (Å²) >= 11 is -1.76. The number of hydrogen-bond acceptors (Lipinski definition) is 1. The van der Waals surface area contributed by atoms with Crippen LogP contribution >= 0.6 is 0 Å². The Labute approximate surface area is 85.5 Å². The van der Waals surface area contributed by atoms with Gasteiger partial charge in [-0.1, -0.05) is 0 Å². The van der Waals surface area contributed by atoms with Gasteiger partial charge >= 0.3 is 85.5 Å². The molecular weight excluding hydrogens is 267 g/mol. The number of carbonyl (C=O) groups excluding carboxylic acids is 1. The molecule has 0 heterocycles. The summed E-state index contributed by atoms with van der Waals surface area (Å²) in [5, 5.41) is 0. The van der Waals surface area contributed by atoms with E-state index in [2.05, 4.69) is 31.9 Å². The maximum atomic E-state index is 11.2. The fourth-order valence-electron chi connectivity index (χ4n) is 1.65. The Morgan fingerprint density at radius 1 is 1.38 bits per heavy atom. The normalized spacial score (nSPS) is 30.3. The van der Waals surface area contributed by atoms with E-state index in [0.29, 0.717) is 5.78 Å². The van der Waals surface area contributed by atoms with Crippen LogP contribution in [0.1, 0.15) is 26.2 Å². The molecule has 0 aromatic carbocycles. The molecular formula is C11H20OSn. The monoisotopic (exact) mass is 288 g/mol. The Hall–Kier alpha value is 0.209. The van der Waals surface area contributed by atoms with Crippen LogP contribution in [0, 0.1) is 5.41 Å². The van der Waals surface area contributed by atoms with Gasteiger partial charge in [0.15, 0.2) is 0 Å². The first kappa shape index (κ1) is 11.3. The zero-order chi connectivity index (χ0) is 10.1. The quantitative estimate of drug-likeness (QED) is 0.713. The summed E-state index contributed by atoms with van der Waals surface area (Å²) in [5.41, 5.74) is 0.196. The number of ketones is 1. The molecule has 0 aromatic heterocycles. The summed E-state index contributed by atoms with van der Waals surface area (Å²) in [6, 6.07) is 0. The number of rotatable bonds is 2. The van der Waals surface area contributed by atoms with Crippen molar-refractivity contribution in [1.82, 2.24) is 0 Å². The van der Waals surface area contributed by atoms with E-state index in [0.717, 1.165) is 19.3 Å². The molecule has 0 aromatic rings. The Bertz CT molecular complexity index is 237. The molecule has 0 bridgehead atoms. The van der Waals surface area contributed by atoms with Gasteiger partial charge in [-0.15, -0.1) is 0 Å². The molecule has 0 aliphatic heterocycles. The van der Waals surface area contributed by atoms with Crippen LogP contribution < -0.4 is 0 Å². The van der Waals surface area contributed by atoms with Gasteiger partial charge in [-0.2, -0.15) is 0 Å². The molecule has 1 aliphatic carbocycles. The van der Waals surface area contributed by atoms with Crippen molar-refractivity contribution in [1.29, 1.82) is 0 Å². The van der Waals surface area contributed by atoms with Gasteiger partial charge in [-0.05, 0) is 0 Å². The standard InChI is InChI=1S/C8H11O.3CH3.Sn/c1-3-8(2)5-4-7(9)6-8;;;;/h1,3H,4-6H2,2H3;3*1H3;. The van der Waals surface area contributed by atoms with Crippen molar-refractivity contribution in [2.45, 2.75) is 41.0 Å². The Morgan fingerprint density at radius 2 is 2.00 bits per heavy atom. The summed E-state index contributed by atoms with van der Waals surface area (Å²) < 4.78 is 2.44. The number of allylic oxidation sites excluding steroid dienone is 1. The molecule has 0 saturated heterocycles. The zero-order valence-electron chi connectivity index (χ0n) is 9.18. The van der Waals surface area contributed by atoms with Gasteiger partial charge in [0.25, 0.3) is 0 Å². The maximum absolute atomic E-state index is 11.2. The molecule has 1 atom stereocenters. The first-order chi connectivity index (χ1) is 5.81. The average molecular weight is 287 g/mol. The summed E-state index contributed by atoms with van der Waals surface area (Å²) in [4.78, 5) is 18.3. The van der Waals surface area contributed by atoms with E-state index in [4.69, 9.17) is 0 Å². The van der Waals surface area contributed by atoms with E-state index in [9.17, 15) is 4.79 Å². The topological polar surface area (TPSA) is 17.1 Å². The molecule has 1 fully saturated rings. The fourth-order valence-corrected chi connectivity index (χ4v) is 4.22. The summed E-state index contributed by atoms with van der Waals surface area (Å²) in [6.45, 7) is 2.21. The van der Waals surface area contributed by atoms with E-state index < -0.39 is 18.4 Å². The molecule has 0 spiro atoms. The van der Waals surface area contributed by atoms with Crippen LogP contribution in [0.2, 0.25) is 14.8 Å². The first-order valence-electron chi connectivity index (χ1n) is 5.03. The second-order valence-corrected chi connectivity index (χ2v) is 20.0. The molecule has 1 unspecified atom stereocenters. The third-order valence-electron chi connectivity index (χ3n) is 2.56. The summed E-state index contributed by atoms with van der Waals surface area (Å²) in [7, 11) is 0. The third kappa shape index (κ3) is 3.84. The number of hydrogen-bond donors (Lipinski definition) is 0. The van der Waals surface area contributed by atoms with Crippen molar-refractivity contribution in [3.8, 4) is 0 Å². The van der Waals surface area contributed by atoms with Crippen molar-refractivity contribution in [3.63, 3.8) is 0 Å². The number of carbonyl (C=O) groups is 1. The molecule has 2 heteroatoms. The molecule has 1 aliphatic rings. The van der Waals surface area contributed by atoms with E-state index in [-0.39, 0.29) is 5.41 Å². The Morgan fingerprint density at radius 3 is 2.38 bits per heavy atom. The SMILES string of the molecule is CC1(/C=[CH]\[Sn]([CH3])([CH3])[CH3])CCC(=O)C1. The summed E-state index contributed by atoms with van der Waals surface area (Å²) in [6.07, 6.45) is 4.95. The van der Waals surface area contributed by atoms with E-state index in [1.54, 1.807) is 0 Å². The van der Waals surface area contributed by atoms with Crippen molar-refractivity contribution in [2.75, 3.05) is 0 Å². The van der Waals surface area contributed by atoms with Gasteiger partial charge in [0.2, 0.25) is 0 Å². The van der Waals surface area contributed by atoms with Crippen LogP contribution in [-0.4, -0.2) is 24.2 Å². The zero-order valence-corrected chi connectivity index (χ0v) is 12.0. The Kier molecular flexibility index (Phi) is 3.26. The van der Waals surface area contributed by atoms with Crippen LogP contribution in [0.15, 0.2) is 10.2 Å². The average Bonchev–Trinajstić information content (AvgIpc) is 2.27. The fraction of sp³-hybridized carbons (Fsp3) is 0.727. The van der Waals surface area contributed by atoms with E-state index in [1.807, 2.05) is 0 Å². The Balaban J connectivity index is 2.63. The van der Waals surface area contributed by atoms with Crippen molar-refractivity contribution >= 4 is 24.2 Å². The van der Waals surface area contributed by atoms with Crippen molar-refractivity contribution in [2.24, 2.45) is 5.41 Å². The van der Waals surface area contributed by atoms with E-state index >= 15 is 0 Å². The van der Waals surface area contributed by atoms with Crippen LogP contribution in [0.5, 0.6) is 0 Å². The molecule has 0 N–H and O–H groups in total. The predicted octanol–water partition coefficient (Wildman–Crippen LogP) is 3.18.